The second-order valence-electron chi connectivity index (χ2n) is 11.6. The summed E-state index contributed by atoms with van der Waals surface area (Å²) in [4.78, 5) is 27.5. The zero-order valence-corrected chi connectivity index (χ0v) is 31.2. The molecule has 0 radical (unpaired) electrons. The van der Waals surface area contributed by atoms with Gasteiger partial charge < -0.3 is 9.64 Å². The maximum atomic E-state index is 12.9. The van der Waals surface area contributed by atoms with Crippen molar-refractivity contribution in [2.45, 2.75) is 145 Å². The van der Waals surface area contributed by atoms with Crippen molar-refractivity contribution >= 4 is 6.41 Å². The molecule has 1 aliphatic carbocycles. The minimum atomic E-state index is -4.61. The van der Waals surface area contributed by atoms with Crippen molar-refractivity contribution in [3.63, 3.8) is 0 Å². The van der Waals surface area contributed by atoms with E-state index in [0.717, 1.165) is 63.9 Å². The number of hydrogen-bond acceptors (Lipinski definition) is 6. The molecule has 0 aromatic carbocycles. The van der Waals surface area contributed by atoms with E-state index < -0.39 is 17.3 Å². The fourth-order valence-electron chi connectivity index (χ4n) is 4.67. The Hall–Kier alpha value is -3.26. The molecule has 3 rings (SSSR count). The number of nitrogens with one attached hydrogen (secondary N) is 1. The molecule has 11 heteroatoms. The van der Waals surface area contributed by atoms with Crippen molar-refractivity contribution in [3.05, 3.63) is 56.8 Å². The number of nitrogens with zero attached hydrogens (tertiary/aromatic N) is 4. The highest BCUT2D eigenvalue weighted by molar-refractivity contribution is 5.46. The topological polar surface area (TPSA) is 112 Å². The van der Waals surface area contributed by atoms with Crippen LogP contribution in [0.2, 0.25) is 0 Å². The van der Waals surface area contributed by atoms with E-state index in [-0.39, 0.29) is 23.8 Å². The van der Waals surface area contributed by atoms with Crippen LogP contribution in [0, 0.1) is 24.2 Å². The Morgan fingerprint density at radius 1 is 1.06 bits per heavy atom. The Morgan fingerprint density at radius 3 is 2.19 bits per heavy atom. The first-order chi connectivity index (χ1) is 22.8. The highest BCUT2D eigenvalue weighted by Gasteiger charge is 2.41. The third-order valence-corrected chi connectivity index (χ3v) is 7.72. The number of aromatic amines is 1. The van der Waals surface area contributed by atoms with E-state index in [2.05, 4.69) is 44.7 Å². The van der Waals surface area contributed by atoms with Crippen LogP contribution in [0.4, 0.5) is 13.2 Å². The van der Waals surface area contributed by atoms with Gasteiger partial charge in [0, 0.05) is 37.5 Å². The maximum absolute atomic E-state index is 12.9. The SMILES string of the molecule is CC.CCC(C)C1CCc2c1n[nH]c(=O)c2C(F)(F)F.CCCCCN(C=O)CCC.CCCOC(C)CC.Cc1ccc(C#N)cn1. The number of hydrogen-bond donors (Lipinski definition) is 1. The van der Waals surface area contributed by atoms with Gasteiger partial charge in [0.05, 0.1) is 17.4 Å². The van der Waals surface area contributed by atoms with Gasteiger partial charge in [-0.1, -0.05) is 74.7 Å². The van der Waals surface area contributed by atoms with Gasteiger partial charge in [-0.2, -0.15) is 23.5 Å². The number of rotatable bonds is 13. The summed E-state index contributed by atoms with van der Waals surface area (Å²) in [5.41, 5.74) is -0.119. The quantitative estimate of drug-likeness (QED) is 0.167. The Bertz CT molecular complexity index is 1200. The Balaban J connectivity index is 0. The molecule has 0 spiro atoms. The van der Waals surface area contributed by atoms with Crippen molar-refractivity contribution in [2.24, 2.45) is 5.92 Å². The van der Waals surface area contributed by atoms with Crippen molar-refractivity contribution in [3.8, 4) is 6.07 Å². The fourth-order valence-corrected chi connectivity index (χ4v) is 4.67. The lowest BCUT2D eigenvalue weighted by Crippen LogP contribution is -2.26. The average Bonchev–Trinajstić information content (AvgIpc) is 3.51. The van der Waals surface area contributed by atoms with Gasteiger partial charge in [0.25, 0.3) is 5.56 Å². The first-order valence-electron chi connectivity index (χ1n) is 17.7. The van der Waals surface area contributed by atoms with E-state index in [9.17, 15) is 22.8 Å². The molecule has 0 aliphatic heterocycles. The van der Waals surface area contributed by atoms with Gasteiger partial charge in [-0.25, -0.2) is 5.10 Å². The van der Waals surface area contributed by atoms with Crippen LogP contribution >= 0.6 is 0 Å². The van der Waals surface area contributed by atoms with E-state index in [1.165, 1.54) is 12.8 Å². The van der Waals surface area contributed by atoms with Gasteiger partial charge in [0.2, 0.25) is 6.41 Å². The second-order valence-corrected chi connectivity index (χ2v) is 11.6. The standard InChI is InChI=1S/C12H15F3N2O.C9H19NO.C7H6N2.C7H16O.C2H6/c1-3-6(2)7-4-5-8-9(12(13,14)15)11(18)17-16-10(7)8;1-3-5-6-8-10(9-11)7-4-2;1-6-2-3-7(4-8)5-9-6;1-4-6-8-7(3)5-2;1-2/h6-7H,3-5H2,1-2H3,(H,17,18);9H,3-8H2,1-2H3;2-3,5H,1H3;7H,4-6H2,1-3H3;1-2H3. The molecule has 2 heterocycles. The first-order valence-corrected chi connectivity index (χ1v) is 17.7. The number of pyridine rings is 1. The Kier molecular flexibility index (Phi) is 27.0. The van der Waals surface area contributed by atoms with E-state index >= 15 is 0 Å². The van der Waals surface area contributed by atoms with Crippen LogP contribution in [0.3, 0.4) is 0 Å². The molecule has 48 heavy (non-hydrogen) atoms. The number of nitriles is 1. The summed E-state index contributed by atoms with van der Waals surface area (Å²) < 4.78 is 43.9. The number of amides is 1. The summed E-state index contributed by atoms with van der Waals surface area (Å²) in [5, 5.41) is 14.2. The van der Waals surface area contributed by atoms with E-state index in [0.29, 0.717) is 23.8 Å². The number of fused-ring (bicyclic) bond motifs is 1. The van der Waals surface area contributed by atoms with Gasteiger partial charge in [-0.15, -0.1) is 0 Å². The smallest absolute Gasteiger partial charge is 0.379 e. The monoisotopic (exact) mass is 681 g/mol. The van der Waals surface area contributed by atoms with Gasteiger partial charge in [0.1, 0.15) is 11.6 Å². The van der Waals surface area contributed by atoms with Crippen molar-refractivity contribution in [1.29, 1.82) is 5.26 Å². The number of ether oxygens (including phenoxy) is 1. The van der Waals surface area contributed by atoms with Crippen molar-refractivity contribution in [2.75, 3.05) is 19.7 Å². The highest BCUT2D eigenvalue weighted by atomic mass is 19.4. The molecule has 1 amide bonds. The Morgan fingerprint density at radius 2 is 1.73 bits per heavy atom. The number of carbonyl (C=O) groups excluding carboxylic acids is 1. The zero-order valence-electron chi connectivity index (χ0n) is 31.2. The first kappa shape index (κ1) is 46.9. The molecule has 8 nitrogen and oxygen atoms in total. The number of unbranched alkanes of at least 4 members (excludes halogenated alkanes) is 2. The lowest BCUT2D eigenvalue weighted by Gasteiger charge is -2.17. The normalized spacial score (nSPS) is 14.0. The number of H-pyrrole nitrogens is 1. The summed E-state index contributed by atoms with van der Waals surface area (Å²) in [5.74, 6) is 0.286. The molecule has 1 N–H and O–H groups in total. The molecule has 2 aromatic heterocycles. The minimum Gasteiger partial charge on any atom is -0.379 e. The van der Waals surface area contributed by atoms with Crippen LogP contribution in [0.25, 0.3) is 0 Å². The molecule has 2 aromatic rings. The molecule has 0 saturated heterocycles. The summed E-state index contributed by atoms with van der Waals surface area (Å²) in [6, 6.07) is 5.56. The number of aryl methyl sites for hydroxylation is 1. The van der Waals surface area contributed by atoms with Crippen LogP contribution in [0.1, 0.15) is 148 Å². The van der Waals surface area contributed by atoms with Crippen LogP contribution in [-0.2, 0) is 22.1 Å². The van der Waals surface area contributed by atoms with Crippen molar-refractivity contribution in [1.82, 2.24) is 20.1 Å². The van der Waals surface area contributed by atoms with Gasteiger partial charge in [0.15, 0.2) is 0 Å². The molecule has 274 valence electrons. The molecular weight excluding hydrogens is 619 g/mol. The molecule has 3 unspecified atom stereocenters. The number of aromatic nitrogens is 3. The second kappa shape index (κ2) is 27.7. The molecular formula is C37H62F3N5O3. The van der Waals surface area contributed by atoms with Crippen LogP contribution in [0.15, 0.2) is 23.1 Å². The minimum absolute atomic E-state index is 0.0166. The summed E-state index contributed by atoms with van der Waals surface area (Å²) in [7, 11) is 0. The van der Waals surface area contributed by atoms with E-state index in [1.54, 1.807) is 12.3 Å². The fraction of sp³-hybridized carbons (Fsp3) is 0.703. The van der Waals surface area contributed by atoms with Crippen molar-refractivity contribution < 1.29 is 22.7 Å². The van der Waals surface area contributed by atoms with Gasteiger partial charge in [-0.3, -0.25) is 14.6 Å². The van der Waals surface area contributed by atoms with Crippen LogP contribution in [-0.4, -0.2) is 52.3 Å². The highest BCUT2D eigenvalue weighted by Crippen LogP contribution is 2.42. The predicted octanol–water partition coefficient (Wildman–Crippen LogP) is 9.41. The summed E-state index contributed by atoms with van der Waals surface area (Å²) in [6.07, 6.45) is 7.09. The number of alkyl halides is 3. The predicted molar refractivity (Wildman–Crippen MR) is 189 cm³/mol. The largest absolute Gasteiger partial charge is 0.422 e. The third-order valence-electron chi connectivity index (χ3n) is 7.72. The van der Waals surface area contributed by atoms with Crippen LogP contribution < -0.4 is 5.56 Å². The zero-order chi connectivity index (χ0) is 37.1. The lowest BCUT2D eigenvalue weighted by atomic mass is 9.90. The molecule has 0 bridgehead atoms. The summed E-state index contributed by atoms with van der Waals surface area (Å²) in [6.45, 7) is 23.3. The van der Waals surface area contributed by atoms with E-state index in [4.69, 9.17) is 10.00 Å². The Labute approximate surface area is 287 Å². The van der Waals surface area contributed by atoms with Gasteiger partial charge >= 0.3 is 6.18 Å². The molecule has 0 saturated carbocycles. The maximum Gasteiger partial charge on any atom is 0.422 e. The lowest BCUT2D eigenvalue weighted by molar-refractivity contribution is -0.139. The van der Waals surface area contributed by atoms with Gasteiger partial charge in [-0.05, 0) is 76.0 Å². The number of carbonyl (C=O) groups is 1. The van der Waals surface area contributed by atoms with E-state index in [1.807, 2.05) is 56.8 Å². The average molecular weight is 682 g/mol. The molecule has 0 fully saturated rings. The van der Waals surface area contributed by atoms with Crippen LogP contribution in [0.5, 0.6) is 0 Å². The molecule has 1 aliphatic rings. The third kappa shape index (κ3) is 18.9. The number of halogens is 3. The summed E-state index contributed by atoms with van der Waals surface area (Å²) >= 11 is 0. The molecule has 3 atom stereocenters.